The van der Waals surface area contributed by atoms with Gasteiger partial charge in [0, 0.05) is 0 Å². The second-order valence-electron chi connectivity index (χ2n) is 6.70. The van der Waals surface area contributed by atoms with Gasteiger partial charge in [-0.1, -0.05) is 103 Å². The van der Waals surface area contributed by atoms with Crippen molar-refractivity contribution >= 4 is 12.3 Å². The average Bonchev–Trinajstić information content (AvgIpc) is 2.57. The van der Waals surface area contributed by atoms with Gasteiger partial charge in [-0.25, -0.2) is 9.59 Å². The van der Waals surface area contributed by atoms with Crippen molar-refractivity contribution in [1.82, 2.24) is 0 Å². The van der Waals surface area contributed by atoms with Gasteiger partial charge in [0.05, 0.1) is 6.61 Å². The third kappa shape index (κ3) is 34.0. The summed E-state index contributed by atoms with van der Waals surface area (Å²) in [6.07, 6.45) is 18.3. The van der Waals surface area contributed by atoms with E-state index in [0.29, 0.717) is 6.61 Å². The first kappa shape index (κ1) is 26.8. The number of hydrogen-bond donors (Lipinski definition) is 3. The van der Waals surface area contributed by atoms with E-state index in [-0.39, 0.29) is 0 Å². The summed E-state index contributed by atoms with van der Waals surface area (Å²) in [5.74, 6) is 0. The van der Waals surface area contributed by atoms with E-state index in [9.17, 15) is 4.79 Å². The van der Waals surface area contributed by atoms with Gasteiger partial charge in [0.1, 0.15) is 0 Å². The van der Waals surface area contributed by atoms with Crippen LogP contribution in [0.5, 0.6) is 0 Å². The fraction of sp³-hybridized carbons (Fsp3) is 0.900. The molecule has 0 atom stereocenters. The van der Waals surface area contributed by atoms with Crippen LogP contribution in [0.3, 0.4) is 0 Å². The Morgan fingerprint density at radius 2 is 0.846 bits per heavy atom. The molecule has 0 aliphatic rings. The molecule has 0 bridgehead atoms. The fourth-order valence-corrected chi connectivity index (χ4v) is 2.81. The van der Waals surface area contributed by atoms with Gasteiger partial charge in [-0.2, -0.15) is 0 Å². The predicted molar refractivity (Wildman–Crippen MR) is 104 cm³/mol. The Hall–Kier alpha value is -1.46. The topological polar surface area (TPSA) is 104 Å². The molecule has 0 aromatic heterocycles. The van der Waals surface area contributed by atoms with Crippen molar-refractivity contribution in [3.63, 3.8) is 0 Å². The number of rotatable bonds is 17. The third-order valence-electron chi connectivity index (χ3n) is 4.22. The summed E-state index contributed by atoms with van der Waals surface area (Å²) in [7, 11) is 0. The molecule has 0 saturated carbocycles. The van der Waals surface area contributed by atoms with Gasteiger partial charge in [0.2, 0.25) is 0 Å². The summed E-state index contributed by atoms with van der Waals surface area (Å²) in [5, 5.41) is 22.3. The Bertz CT molecular complexity index is 303. The summed E-state index contributed by atoms with van der Waals surface area (Å²) in [4.78, 5) is 18.7. The van der Waals surface area contributed by atoms with Crippen LogP contribution in [-0.2, 0) is 4.74 Å². The molecular formula is C20H40O6. The molecule has 0 fully saturated rings. The van der Waals surface area contributed by atoms with E-state index in [4.69, 9.17) is 20.1 Å². The number of carbonyl (C=O) groups is 2. The Kier molecular flexibility index (Phi) is 24.2. The lowest BCUT2D eigenvalue weighted by Crippen LogP contribution is -2.01. The van der Waals surface area contributed by atoms with Crippen molar-refractivity contribution in [1.29, 1.82) is 0 Å². The van der Waals surface area contributed by atoms with Gasteiger partial charge < -0.3 is 20.1 Å². The highest BCUT2D eigenvalue weighted by Gasteiger charge is 1.96. The van der Waals surface area contributed by atoms with E-state index in [1.165, 1.54) is 89.9 Å². The van der Waals surface area contributed by atoms with E-state index < -0.39 is 12.3 Å². The second-order valence-corrected chi connectivity index (χ2v) is 6.70. The maximum atomic E-state index is 10.1. The van der Waals surface area contributed by atoms with Crippen LogP contribution in [0.4, 0.5) is 9.59 Å². The molecule has 0 aliphatic heterocycles. The highest BCUT2D eigenvalue weighted by molar-refractivity contribution is 5.56. The van der Waals surface area contributed by atoms with Crippen LogP contribution in [0.1, 0.15) is 110 Å². The van der Waals surface area contributed by atoms with Crippen LogP contribution in [0.15, 0.2) is 0 Å². The standard InChI is InChI=1S/C19H38O3.CH2O3/c1-2-3-4-5-6-7-8-9-10-11-12-13-14-15-16-17-18-22-19(20)21;2-1(3)4/h2-18H2,1H3,(H,20,21);(H2,2,3,4). The third-order valence-corrected chi connectivity index (χ3v) is 4.22. The molecule has 0 rings (SSSR count). The lowest BCUT2D eigenvalue weighted by Gasteiger charge is -2.03. The van der Waals surface area contributed by atoms with Gasteiger partial charge in [0.15, 0.2) is 0 Å². The molecule has 0 heterocycles. The molecule has 0 aromatic carbocycles. The first-order valence-corrected chi connectivity index (χ1v) is 10.3. The zero-order chi connectivity index (χ0) is 19.9. The summed E-state index contributed by atoms with van der Waals surface area (Å²) in [6, 6.07) is 0. The normalized spacial score (nSPS) is 10.0. The number of carboxylic acid groups (broad SMARTS) is 3. The van der Waals surface area contributed by atoms with Crippen LogP contribution < -0.4 is 0 Å². The molecule has 156 valence electrons. The first-order valence-electron chi connectivity index (χ1n) is 10.3. The molecule has 0 aliphatic carbocycles. The van der Waals surface area contributed by atoms with E-state index in [1.54, 1.807) is 0 Å². The van der Waals surface area contributed by atoms with Crippen LogP contribution in [0, 0.1) is 0 Å². The van der Waals surface area contributed by atoms with E-state index in [1.807, 2.05) is 0 Å². The monoisotopic (exact) mass is 376 g/mol. The van der Waals surface area contributed by atoms with Crippen LogP contribution in [0.2, 0.25) is 0 Å². The zero-order valence-electron chi connectivity index (χ0n) is 16.6. The van der Waals surface area contributed by atoms with Crippen molar-refractivity contribution in [3.05, 3.63) is 0 Å². The lowest BCUT2D eigenvalue weighted by molar-refractivity contribution is 0.0899. The summed E-state index contributed by atoms with van der Waals surface area (Å²) < 4.78 is 4.48. The Labute approximate surface area is 158 Å². The van der Waals surface area contributed by atoms with Crippen molar-refractivity contribution in [2.45, 2.75) is 110 Å². The Morgan fingerprint density at radius 3 is 1.12 bits per heavy atom. The Morgan fingerprint density at radius 1 is 0.577 bits per heavy atom. The molecule has 0 saturated heterocycles. The number of hydrogen-bond acceptors (Lipinski definition) is 3. The maximum Gasteiger partial charge on any atom is 0.505 e. The van der Waals surface area contributed by atoms with Crippen molar-refractivity contribution in [2.24, 2.45) is 0 Å². The molecule has 26 heavy (non-hydrogen) atoms. The van der Waals surface area contributed by atoms with Gasteiger partial charge in [-0.15, -0.1) is 0 Å². The summed E-state index contributed by atoms with van der Waals surface area (Å²) in [5.41, 5.74) is 0. The van der Waals surface area contributed by atoms with E-state index in [2.05, 4.69) is 11.7 Å². The number of unbranched alkanes of at least 4 members (excludes halogenated alkanes) is 15. The molecule has 0 aromatic rings. The maximum absolute atomic E-state index is 10.1. The van der Waals surface area contributed by atoms with E-state index >= 15 is 0 Å². The summed E-state index contributed by atoms with van der Waals surface area (Å²) in [6.45, 7) is 2.63. The SMILES string of the molecule is CCCCCCCCCCCCCCCCCCOC(=O)O.O=C(O)O. The molecule has 6 nitrogen and oxygen atoms in total. The van der Waals surface area contributed by atoms with Crippen LogP contribution in [0.25, 0.3) is 0 Å². The van der Waals surface area contributed by atoms with Crippen molar-refractivity contribution < 1.29 is 29.6 Å². The minimum Gasteiger partial charge on any atom is -0.450 e. The molecule has 0 radical (unpaired) electrons. The zero-order valence-corrected chi connectivity index (χ0v) is 16.6. The largest absolute Gasteiger partial charge is 0.505 e. The number of ether oxygens (including phenoxy) is 1. The van der Waals surface area contributed by atoms with Gasteiger partial charge in [-0.3, -0.25) is 0 Å². The predicted octanol–water partition coefficient (Wildman–Crippen LogP) is 7.16. The van der Waals surface area contributed by atoms with Gasteiger partial charge in [-0.05, 0) is 6.42 Å². The minimum absolute atomic E-state index is 0.355. The fourth-order valence-electron chi connectivity index (χ4n) is 2.81. The van der Waals surface area contributed by atoms with Gasteiger partial charge >= 0.3 is 12.3 Å². The molecular weight excluding hydrogens is 336 g/mol. The molecule has 0 unspecified atom stereocenters. The minimum atomic E-state index is -1.83. The second kappa shape index (κ2) is 23.5. The molecule has 0 amide bonds. The Balaban J connectivity index is 0. The van der Waals surface area contributed by atoms with Crippen LogP contribution >= 0.6 is 0 Å². The van der Waals surface area contributed by atoms with Crippen molar-refractivity contribution in [3.8, 4) is 0 Å². The summed E-state index contributed by atoms with van der Waals surface area (Å²) >= 11 is 0. The lowest BCUT2D eigenvalue weighted by atomic mass is 10.0. The van der Waals surface area contributed by atoms with Crippen LogP contribution in [-0.4, -0.2) is 34.2 Å². The molecule has 0 spiro atoms. The highest BCUT2D eigenvalue weighted by atomic mass is 16.7. The first-order chi connectivity index (χ1) is 12.5. The highest BCUT2D eigenvalue weighted by Crippen LogP contribution is 2.13. The molecule has 6 heteroatoms. The smallest absolute Gasteiger partial charge is 0.450 e. The molecule has 3 N–H and O–H groups in total. The van der Waals surface area contributed by atoms with Crippen molar-refractivity contribution in [2.75, 3.05) is 6.61 Å². The quantitative estimate of drug-likeness (QED) is 0.184. The van der Waals surface area contributed by atoms with E-state index in [0.717, 1.165) is 12.8 Å². The average molecular weight is 377 g/mol. The van der Waals surface area contributed by atoms with Gasteiger partial charge in [0.25, 0.3) is 0 Å².